The summed E-state index contributed by atoms with van der Waals surface area (Å²) in [5.74, 6) is -3.11. The molecule has 202 valence electrons. The van der Waals surface area contributed by atoms with Crippen LogP contribution in [0.3, 0.4) is 0 Å². The average Bonchev–Trinajstić information content (AvgIpc) is 3.29. The van der Waals surface area contributed by atoms with Gasteiger partial charge in [-0.1, -0.05) is 11.2 Å². The number of carbonyl (C=O) groups excluding carboxylic acids is 3. The number of primary amides is 1. The molecule has 3 rings (SSSR count). The highest BCUT2D eigenvalue weighted by Crippen LogP contribution is 2.40. The molecule has 0 saturated carbocycles. The molecular weight excluding hydrogens is 538 g/mol. The zero-order valence-electron chi connectivity index (χ0n) is 20.7. The molecule has 1 saturated heterocycles. The van der Waals surface area contributed by atoms with Crippen LogP contribution in [0.1, 0.15) is 12.7 Å². The topological polar surface area (TPSA) is 227 Å². The van der Waals surface area contributed by atoms with Crippen molar-refractivity contribution in [2.45, 2.75) is 24.4 Å². The number of fused-ring (bicyclic) bond motifs is 1. The third-order valence-electron chi connectivity index (χ3n) is 6.00. The van der Waals surface area contributed by atoms with E-state index in [1.54, 1.807) is 25.1 Å². The number of nitriles is 1. The minimum atomic E-state index is -1.29. The quantitative estimate of drug-likeness (QED) is 0.0804. The normalized spacial score (nSPS) is 20.4. The van der Waals surface area contributed by atoms with E-state index in [2.05, 4.69) is 19.8 Å². The first kappa shape index (κ1) is 28.6. The Morgan fingerprint density at radius 3 is 2.74 bits per heavy atom. The lowest BCUT2D eigenvalue weighted by Crippen LogP contribution is -2.71. The summed E-state index contributed by atoms with van der Waals surface area (Å²) in [6.45, 7) is 1.66. The van der Waals surface area contributed by atoms with Crippen LogP contribution in [-0.2, 0) is 24.0 Å². The molecule has 1 fully saturated rings. The minimum absolute atomic E-state index is 0.0672. The zero-order valence-corrected chi connectivity index (χ0v) is 22.3. The number of quaternary nitrogens is 1. The van der Waals surface area contributed by atoms with Crippen LogP contribution in [-0.4, -0.2) is 104 Å². The van der Waals surface area contributed by atoms with Crippen LogP contribution in [0.4, 0.5) is 5.13 Å². The molecule has 0 aromatic carbocycles. The molecule has 17 heteroatoms. The number of nitrogens with one attached hydrogen (secondary N) is 1. The van der Waals surface area contributed by atoms with E-state index in [4.69, 9.17) is 21.6 Å². The summed E-state index contributed by atoms with van der Waals surface area (Å²) in [7, 11) is 3.64. The van der Waals surface area contributed by atoms with E-state index in [9.17, 15) is 24.3 Å². The molecule has 6 N–H and O–H groups in total. The fourth-order valence-electron chi connectivity index (χ4n) is 3.59. The number of aromatic nitrogens is 2. The van der Waals surface area contributed by atoms with Crippen molar-refractivity contribution in [3.63, 3.8) is 0 Å². The van der Waals surface area contributed by atoms with Crippen molar-refractivity contribution in [3.8, 4) is 6.07 Å². The Morgan fingerprint density at radius 2 is 2.16 bits per heavy atom. The first-order valence-corrected chi connectivity index (χ1v) is 12.9. The number of β-lactam (4-membered cyclic amide) rings is 1. The predicted molar refractivity (Wildman–Crippen MR) is 137 cm³/mol. The Labute approximate surface area is 225 Å². The van der Waals surface area contributed by atoms with Gasteiger partial charge < -0.3 is 31.2 Å². The molecule has 0 bridgehead atoms. The highest BCUT2D eigenvalue weighted by atomic mass is 32.2. The Hall–Kier alpha value is -4.01. The van der Waals surface area contributed by atoms with Crippen molar-refractivity contribution in [1.82, 2.24) is 19.6 Å². The summed E-state index contributed by atoms with van der Waals surface area (Å²) in [5, 5.41) is 24.0. The van der Waals surface area contributed by atoms with Gasteiger partial charge in [-0.25, -0.2) is 4.79 Å². The number of nitrogens with two attached hydrogens (primary N) is 2. The number of oxime groups is 1. The van der Waals surface area contributed by atoms with Crippen LogP contribution in [0, 0.1) is 11.3 Å². The Bertz CT molecular complexity index is 1280. The molecule has 2 aliphatic heterocycles. The lowest BCUT2D eigenvalue weighted by molar-refractivity contribution is -0.898. The van der Waals surface area contributed by atoms with Gasteiger partial charge >= 0.3 is 5.97 Å². The van der Waals surface area contributed by atoms with Gasteiger partial charge in [0.1, 0.15) is 23.2 Å². The molecule has 1 aromatic rings. The summed E-state index contributed by atoms with van der Waals surface area (Å²) in [4.78, 5) is 59.3. The van der Waals surface area contributed by atoms with Gasteiger partial charge in [-0.3, -0.25) is 19.3 Å². The number of carboxylic acid groups (broad SMARTS) is 1. The van der Waals surface area contributed by atoms with Gasteiger partial charge in [0.15, 0.2) is 11.2 Å². The Kier molecular flexibility index (Phi) is 8.70. The van der Waals surface area contributed by atoms with Crippen LogP contribution < -0.4 is 16.8 Å². The van der Waals surface area contributed by atoms with Crippen LogP contribution in [0.2, 0.25) is 0 Å². The first-order valence-electron chi connectivity index (χ1n) is 11.1. The summed E-state index contributed by atoms with van der Waals surface area (Å²) in [6, 6.07) is 0.194. The fraction of sp³-hybridized carbons (Fsp3) is 0.429. The standard InChI is InChI=1S/C21H25N9O6S2/c1-10(15(23)31)30(2,3)7-4-5-11-9-37-19-13(18(33)29(19)14(11)20(34)35)25-17(32)12(27-36-8-6-22)16-26-21(24)38-28-16/h4-5,10,13,19H,7-9H2,1-3H3,(H5-,23,24,25,26,28,31,32,34,35)/p+1/t10-,13+,19-/m0/s1. The van der Waals surface area contributed by atoms with Crippen LogP contribution in [0.15, 0.2) is 28.6 Å². The summed E-state index contributed by atoms with van der Waals surface area (Å²) in [6.07, 6.45) is 3.36. The van der Waals surface area contributed by atoms with Crippen molar-refractivity contribution in [2.75, 3.05) is 38.7 Å². The number of allylic oxidation sites excluding steroid dienone is 1. The van der Waals surface area contributed by atoms with Crippen molar-refractivity contribution in [1.29, 1.82) is 5.26 Å². The lowest BCUT2D eigenvalue weighted by atomic mass is 10.0. The summed E-state index contributed by atoms with van der Waals surface area (Å²) < 4.78 is 4.17. The molecule has 2 aliphatic rings. The molecule has 3 heterocycles. The highest BCUT2D eigenvalue weighted by molar-refractivity contribution is 8.00. The number of anilines is 1. The SMILES string of the molecule is C[C@@H](C(N)=O)[N+](C)(C)CC=CC1=C(C(=O)O)N2C(=O)[C@@H](NC(=O)C(=NOCC#N)c3nsc(N)n3)[C@@H]2SC1. The molecule has 38 heavy (non-hydrogen) atoms. The van der Waals surface area contributed by atoms with Crippen LogP contribution >= 0.6 is 23.3 Å². The van der Waals surface area contributed by atoms with Crippen LogP contribution in [0.5, 0.6) is 0 Å². The molecule has 3 amide bonds. The summed E-state index contributed by atoms with van der Waals surface area (Å²) in [5.41, 5.74) is 10.8. The molecule has 1 aromatic heterocycles. The van der Waals surface area contributed by atoms with Gasteiger partial charge in [0.2, 0.25) is 18.1 Å². The van der Waals surface area contributed by atoms with E-state index in [1.165, 1.54) is 11.8 Å². The van der Waals surface area contributed by atoms with Gasteiger partial charge in [-0.05, 0) is 18.6 Å². The van der Waals surface area contributed by atoms with Crippen LogP contribution in [0.25, 0.3) is 0 Å². The van der Waals surface area contributed by atoms with E-state index >= 15 is 0 Å². The van der Waals surface area contributed by atoms with Gasteiger partial charge in [0.05, 0.1) is 20.6 Å². The number of likely N-dealkylation sites (N-methyl/N-ethyl adjacent to an activating group) is 1. The van der Waals surface area contributed by atoms with E-state index in [-0.39, 0.29) is 32.6 Å². The second-order valence-corrected chi connectivity index (χ2v) is 10.7. The third-order valence-corrected chi connectivity index (χ3v) is 7.84. The fourth-order valence-corrected chi connectivity index (χ4v) is 5.34. The smallest absolute Gasteiger partial charge is 0.352 e. The Morgan fingerprint density at radius 1 is 1.45 bits per heavy atom. The Balaban J connectivity index is 1.77. The van der Waals surface area contributed by atoms with E-state index in [1.807, 2.05) is 14.1 Å². The average molecular weight is 565 g/mol. The van der Waals surface area contributed by atoms with Gasteiger partial charge in [0.25, 0.3) is 17.7 Å². The van der Waals surface area contributed by atoms with Crippen molar-refractivity contribution in [3.05, 3.63) is 29.2 Å². The number of thioether (sulfide) groups is 1. The molecule has 0 radical (unpaired) electrons. The van der Waals surface area contributed by atoms with E-state index < -0.39 is 47.8 Å². The number of nitrogens with zero attached hydrogens (tertiary/aromatic N) is 6. The third kappa shape index (κ3) is 5.93. The van der Waals surface area contributed by atoms with Crippen molar-refractivity contribution in [2.24, 2.45) is 10.9 Å². The molecule has 15 nitrogen and oxygen atoms in total. The minimum Gasteiger partial charge on any atom is -0.477 e. The van der Waals surface area contributed by atoms with E-state index in [0.717, 1.165) is 16.4 Å². The molecular formula is C21H26N9O6S2+. The summed E-state index contributed by atoms with van der Waals surface area (Å²) >= 11 is 2.09. The van der Waals surface area contributed by atoms with Crippen molar-refractivity contribution >= 4 is 57.8 Å². The van der Waals surface area contributed by atoms with Crippen molar-refractivity contribution < 1.29 is 33.6 Å². The highest BCUT2D eigenvalue weighted by Gasteiger charge is 2.54. The largest absolute Gasteiger partial charge is 0.477 e. The number of carboxylic acids is 1. The maximum atomic E-state index is 13.0. The maximum Gasteiger partial charge on any atom is 0.352 e. The second kappa shape index (κ2) is 11.6. The monoisotopic (exact) mass is 564 g/mol. The van der Waals surface area contributed by atoms with Gasteiger partial charge in [-0.2, -0.15) is 14.6 Å². The van der Waals surface area contributed by atoms with Gasteiger partial charge in [0, 0.05) is 17.3 Å². The number of hydrogen-bond acceptors (Lipinski definition) is 12. The number of carbonyl (C=O) groups is 4. The lowest BCUT2D eigenvalue weighted by Gasteiger charge is -2.49. The number of nitrogen functional groups attached to an aromatic ring is 1. The molecule has 0 unspecified atom stereocenters. The predicted octanol–water partition coefficient (Wildman–Crippen LogP) is -1.39. The van der Waals surface area contributed by atoms with Gasteiger partial charge in [-0.15, -0.1) is 11.8 Å². The zero-order chi connectivity index (χ0) is 28.2. The number of amides is 3. The first-order chi connectivity index (χ1) is 17.9. The number of rotatable bonds is 11. The maximum absolute atomic E-state index is 13.0. The second-order valence-electron chi connectivity index (χ2n) is 8.81. The molecule has 0 spiro atoms. The molecule has 3 atom stereocenters. The molecule has 0 aliphatic carbocycles. The number of aliphatic carboxylic acids is 1. The van der Waals surface area contributed by atoms with E-state index in [0.29, 0.717) is 12.1 Å². The number of hydrogen-bond donors (Lipinski definition) is 4.